The molecule has 1 fully saturated rings. The largest absolute Gasteiger partial charge is 0.465 e. The summed E-state index contributed by atoms with van der Waals surface area (Å²) in [7, 11) is 0. The van der Waals surface area contributed by atoms with E-state index in [-0.39, 0.29) is 17.6 Å². The number of non-ortho nitro benzene ring substituents is 1. The number of benzene rings is 1. The van der Waals surface area contributed by atoms with Crippen LogP contribution in [-0.4, -0.2) is 17.5 Å². The maximum Gasteiger partial charge on any atom is 0.312 e. The van der Waals surface area contributed by atoms with Crippen LogP contribution in [0.25, 0.3) is 0 Å². The molecule has 17 heavy (non-hydrogen) atoms. The summed E-state index contributed by atoms with van der Waals surface area (Å²) in [6.45, 7) is 3.99. The van der Waals surface area contributed by atoms with Crippen LogP contribution in [0.1, 0.15) is 25.3 Å². The van der Waals surface area contributed by atoms with Crippen molar-refractivity contribution in [2.75, 3.05) is 6.61 Å². The van der Waals surface area contributed by atoms with Gasteiger partial charge in [-0.1, -0.05) is 12.1 Å². The van der Waals surface area contributed by atoms with Crippen LogP contribution >= 0.6 is 0 Å². The van der Waals surface area contributed by atoms with Crippen LogP contribution in [0.2, 0.25) is 0 Å². The van der Waals surface area contributed by atoms with Crippen molar-refractivity contribution in [2.45, 2.75) is 19.8 Å². The van der Waals surface area contributed by atoms with Crippen LogP contribution in [0, 0.1) is 15.5 Å². The first kappa shape index (κ1) is 11.6. The SMILES string of the molecule is CC1(C)C(=O)OCC1c1ccc([N+](=O)[O-])cc1. The van der Waals surface area contributed by atoms with Crippen LogP contribution in [0.3, 0.4) is 0 Å². The molecule has 1 aromatic rings. The molecule has 1 aromatic carbocycles. The van der Waals surface area contributed by atoms with E-state index in [9.17, 15) is 14.9 Å². The number of hydrogen-bond donors (Lipinski definition) is 0. The van der Waals surface area contributed by atoms with Crippen LogP contribution < -0.4 is 0 Å². The average molecular weight is 235 g/mol. The summed E-state index contributed by atoms with van der Waals surface area (Å²) in [5.74, 6) is -0.267. The van der Waals surface area contributed by atoms with E-state index in [1.807, 2.05) is 13.8 Å². The number of carbonyl (C=O) groups is 1. The number of cyclic esters (lactones) is 1. The van der Waals surface area contributed by atoms with Gasteiger partial charge in [0.25, 0.3) is 5.69 Å². The minimum Gasteiger partial charge on any atom is -0.465 e. The van der Waals surface area contributed by atoms with E-state index in [0.29, 0.717) is 6.61 Å². The van der Waals surface area contributed by atoms with Gasteiger partial charge in [-0.15, -0.1) is 0 Å². The quantitative estimate of drug-likeness (QED) is 0.448. The lowest BCUT2D eigenvalue weighted by Gasteiger charge is -2.21. The molecule has 1 aliphatic heterocycles. The summed E-state index contributed by atoms with van der Waals surface area (Å²) >= 11 is 0. The number of rotatable bonds is 2. The lowest BCUT2D eigenvalue weighted by atomic mass is 9.77. The molecule has 1 heterocycles. The van der Waals surface area contributed by atoms with Crippen molar-refractivity contribution in [3.8, 4) is 0 Å². The lowest BCUT2D eigenvalue weighted by Crippen LogP contribution is -2.24. The minimum absolute atomic E-state index is 0.0456. The van der Waals surface area contributed by atoms with Gasteiger partial charge in [-0.3, -0.25) is 14.9 Å². The van der Waals surface area contributed by atoms with Crippen molar-refractivity contribution in [3.05, 3.63) is 39.9 Å². The molecule has 0 spiro atoms. The average Bonchev–Trinajstić information content (AvgIpc) is 2.54. The monoisotopic (exact) mass is 235 g/mol. The summed E-state index contributed by atoms with van der Waals surface area (Å²) in [5, 5.41) is 10.5. The summed E-state index contributed by atoms with van der Waals surface area (Å²) in [5.41, 5.74) is 0.374. The second-order valence-corrected chi connectivity index (χ2v) is 4.72. The molecule has 1 atom stereocenters. The van der Waals surface area contributed by atoms with Gasteiger partial charge in [0.15, 0.2) is 0 Å². The number of hydrogen-bond acceptors (Lipinski definition) is 4. The van der Waals surface area contributed by atoms with E-state index < -0.39 is 10.3 Å². The smallest absolute Gasteiger partial charge is 0.312 e. The molecule has 90 valence electrons. The molecule has 0 N–H and O–H groups in total. The van der Waals surface area contributed by atoms with E-state index in [1.54, 1.807) is 12.1 Å². The van der Waals surface area contributed by atoms with Crippen LogP contribution in [-0.2, 0) is 9.53 Å². The molecule has 0 aliphatic carbocycles. The second-order valence-electron chi connectivity index (χ2n) is 4.72. The number of nitro benzene ring substituents is 1. The number of nitrogens with zero attached hydrogens (tertiary/aromatic N) is 1. The molecule has 0 saturated carbocycles. The van der Waals surface area contributed by atoms with Crippen LogP contribution in [0.15, 0.2) is 24.3 Å². The number of carbonyl (C=O) groups excluding carboxylic acids is 1. The zero-order chi connectivity index (χ0) is 12.6. The molecular weight excluding hydrogens is 222 g/mol. The Kier molecular flexibility index (Phi) is 2.61. The molecule has 0 bridgehead atoms. The third-order valence-corrected chi connectivity index (χ3v) is 3.28. The Balaban J connectivity index is 2.30. The molecule has 0 radical (unpaired) electrons. The number of nitro groups is 1. The fourth-order valence-electron chi connectivity index (χ4n) is 2.04. The molecule has 1 unspecified atom stereocenters. The second kappa shape index (κ2) is 3.84. The Labute approximate surface area is 98.5 Å². The van der Waals surface area contributed by atoms with Crippen molar-refractivity contribution in [1.29, 1.82) is 0 Å². The van der Waals surface area contributed by atoms with Crippen molar-refractivity contribution < 1.29 is 14.5 Å². The zero-order valence-electron chi connectivity index (χ0n) is 9.67. The zero-order valence-corrected chi connectivity index (χ0v) is 9.67. The highest BCUT2D eigenvalue weighted by atomic mass is 16.6. The Morgan fingerprint density at radius 1 is 1.35 bits per heavy atom. The molecular formula is C12H13NO4. The molecule has 0 aromatic heterocycles. The third kappa shape index (κ3) is 1.88. The van der Waals surface area contributed by atoms with Gasteiger partial charge < -0.3 is 4.74 Å². The number of esters is 1. The summed E-state index contributed by atoms with van der Waals surface area (Å²) in [6, 6.07) is 6.28. The van der Waals surface area contributed by atoms with Gasteiger partial charge in [0, 0.05) is 18.1 Å². The van der Waals surface area contributed by atoms with E-state index in [1.165, 1.54) is 12.1 Å². The van der Waals surface area contributed by atoms with Gasteiger partial charge in [0.1, 0.15) is 0 Å². The Bertz CT molecular complexity index is 464. The molecule has 2 rings (SSSR count). The Morgan fingerprint density at radius 2 is 1.94 bits per heavy atom. The van der Waals surface area contributed by atoms with E-state index >= 15 is 0 Å². The normalized spacial score (nSPS) is 22.2. The third-order valence-electron chi connectivity index (χ3n) is 3.28. The molecule has 1 aliphatic rings. The first-order valence-electron chi connectivity index (χ1n) is 5.34. The Morgan fingerprint density at radius 3 is 2.35 bits per heavy atom. The van der Waals surface area contributed by atoms with Gasteiger partial charge in [-0.25, -0.2) is 0 Å². The lowest BCUT2D eigenvalue weighted by molar-refractivity contribution is -0.384. The van der Waals surface area contributed by atoms with E-state index in [2.05, 4.69) is 0 Å². The highest BCUT2D eigenvalue weighted by Crippen LogP contribution is 2.42. The summed E-state index contributed by atoms with van der Waals surface area (Å²) in [6.07, 6.45) is 0. The van der Waals surface area contributed by atoms with Gasteiger partial charge >= 0.3 is 5.97 Å². The minimum atomic E-state index is -0.573. The van der Waals surface area contributed by atoms with Crippen molar-refractivity contribution in [2.24, 2.45) is 5.41 Å². The van der Waals surface area contributed by atoms with Crippen molar-refractivity contribution in [1.82, 2.24) is 0 Å². The molecule has 5 nitrogen and oxygen atoms in total. The summed E-state index contributed by atoms with van der Waals surface area (Å²) in [4.78, 5) is 21.6. The fourth-order valence-corrected chi connectivity index (χ4v) is 2.04. The van der Waals surface area contributed by atoms with Gasteiger partial charge in [0.05, 0.1) is 16.9 Å². The van der Waals surface area contributed by atoms with Crippen LogP contribution in [0.4, 0.5) is 5.69 Å². The van der Waals surface area contributed by atoms with Gasteiger partial charge in [-0.05, 0) is 19.4 Å². The van der Waals surface area contributed by atoms with Crippen molar-refractivity contribution in [3.63, 3.8) is 0 Å². The first-order chi connectivity index (χ1) is 7.93. The van der Waals surface area contributed by atoms with Gasteiger partial charge in [-0.2, -0.15) is 0 Å². The molecule has 0 amide bonds. The highest BCUT2D eigenvalue weighted by molar-refractivity contribution is 5.79. The maximum atomic E-state index is 11.5. The van der Waals surface area contributed by atoms with E-state index in [4.69, 9.17) is 4.74 Å². The van der Waals surface area contributed by atoms with Crippen LogP contribution in [0.5, 0.6) is 0 Å². The van der Waals surface area contributed by atoms with Crippen molar-refractivity contribution >= 4 is 11.7 Å². The number of ether oxygens (including phenoxy) is 1. The Hall–Kier alpha value is -1.91. The topological polar surface area (TPSA) is 69.4 Å². The highest BCUT2D eigenvalue weighted by Gasteiger charge is 2.45. The fraction of sp³-hybridized carbons (Fsp3) is 0.417. The predicted octanol–water partition coefficient (Wildman–Crippen LogP) is 2.26. The first-order valence-corrected chi connectivity index (χ1v) is 5.34. The predicted molar refractivity (Wildman–Crippen MR) is 60.6 cm³/mol. The molecule has 5 heteroatoms. The van der Waals surface area contributed by atoms with E-state index in [0.717, 1.165) is 5.56 Å². The summed E-state index contributed by atoms with van der Waals surface area (Å²) < 4.78 is 5.04. The van der Waals surface area contributed by atoms with Gasteiger partial charge in [0.2, 0.25) is 0 Å². The molecule has 1 saturated heterocycles. The maximum absolute atomic E-state index is 11.5. The standard InChI is InChI=1S/C12H13NO4/c1-12(2)10(7-17-11(12)14)8-3-5-9(6-4-8)13(15)16/h3-6,10H,7H2,1-2H3.